The van der Waals surface area contributed by atoms with E-state index in [2.05, 4.69) is 46.7 Å². The first-order valence-electron chi connectivity index (χ1n) is 5.50. The molecule has 0 aliphatic carbocycles. The van der Waals surface area contributed by atoms with Crippen LogP contribution in [0, 0.1) is 0 Å². The summed E-state index contributed by atoms with van der Waals surface area (Å²) >= 11 is 0. The Morgan fingerprint density at radius 1 is 1.00 bits per heavy atom. The first-order chi connectivity index (χ1) is 7.88. The molecular weight excluding hydrogens is 196 g/mol. The van der Waals surface area contributed by atoms with Crippen LogP contribution in [0.1, 0.15) is 16.7 Å². The Morgan fingerprint density at radius 3 is 2.50 bits per heavy atom. The zero-order valence-electron chi connectivity index (χ0n) is 9.48. The van der Waals surface area contributed by atoms with Crippen molar-refractivity contribution in [1.29, 1.82) is 0 Å². The van der Waals surface area contributed by atoms with Crippen LogP contribution in [0.2, 0.25) is 0 Å². The highest BCUT2D eigenvalue weighted by atomic mass is 14.8. The van der Waals surface area contributed by atoms with Gasteiger partial charge in [0.05, 0.1) is 0 Å². The zero-order chi connectivity index (χ0) is 11.2. The van der Waals surface area contributed by atoms with Crippen LogP contribution in [0.4, 0.5) is 0 Å². The molecule has 0 spiro atoms. The second-order valence-corrected chi connectivity index (χ2v) is 3.88. The average molecular weight is 212 g/mol. The maximum atomic E-state index is 4.02. The minimum Gasteiger partial charge on any atom is -0.316 e. The van der Waals surface area contributed by atoms with Crippen molar-refractivity contribution in [3.05, 3.63) is 65.5 Å². The second kappa shape index (κ2) is 5.42. The molecule has 2 nitrogen and oxygen atoms in total. The summed E-state index contributed by atoms with van der Waals surface area (Å²) in [5.74, 6) is 0. The number of aromatic nitrogens is 1. The molecule has 0 aliphatic rings. The number of nitrogens with one attached hydrogen (secondary N) is 1. The van der Waals surface area contributed by atoms with Gasteiger partial charge < -0.3 is 5.32 Å². The van der Waals surface area contributed by atoms with Crippen molar-refractivity contribution in [2.75, 3.05) is 7.05 Å². The molecule has 2 heteroatoms. The predicted octanol–water partition coefficient (Wildman–Crippen LogP) is 2.39. The van der Waals surface area contributed by atoms with E-state index in [1.54, 1.807) is 0 Å². The van der Waals surface area contributed by atoms with Crippen molar-refractivity contribution in [2.24, 2.45) is 0 Å². The van der Waals surface area contributed by atoms with Gasteiger partial charge in [-0.3, -0.25) is 4.98 Å². The largest absolute Gasteiger partial charge is 0.316 e. The van der Waals surface area contributed by atoms with Gasteiger partial charge in [0.25, 0.3) is 0 Å². The number of hydrogen-bond acceptors (Lipinski definition) is 2. The molecule has 0 amide bonds. The molecule has 0 saturated carbocycles. The summed E-state index contributed by atoms with van der Waals surface area (Å²) in [4.78, 5) is 4.02. The van der Waals surface area contributed by atoms with Crippen molar-refractivity contribution >= 4 is 0 Å². The highest BCUT2D eigenvalue weighted by Gasteiger charge is 1.97. The van der Waals surface area contributed by atoms with Crippen molar-refractivity contribution in [1.82, 2.24) is 10.3 Å². The monoisotopic (exact) mass is 212 g/mol. The quantitative estimate of drug-likeness (QED) is 0.841. The SMILES string of the molecule is CNCc1cccc(Cc2ccncc2)c1. The summed E-state index contributed by atoms with van der Waals surface area (Å²) in [6.45, 7) is 0.921. The maximum absolute atomic E-state index is 4.02. The van der Waals surface area contributed by atoms with E-state index in [0.717, 1.165) is 13.0 Å². The molecule has 2 rings (SSSR count). The van der Waals surface area contributed by atoms with E-state index in [9.17, 15) is 0 Å². The van der Waals surface area contributed by atoms with E-state index < -0.39 is 0 Å². The van der Waals surface area contributed by atoms with Gasteiger partial charge in [-0.25, -0.2) is 0 Å². The number of rotatable bonds is 4. The van der Waals surface area contributed by atoms with Crippen LogP contribution in [0.3, 0.4) is 0 Å². The van der Waals surface area contributed by atoms with Gasteiger partial charge in [-0.1, -0.05) is 24.3 Å². The van der Waals surface area contributed by atoms with Gasteiger partial charge in [-0.15, -0.1) is 0 Å². The van der Waals surface area contributed by atoms with Crippen molar-refractivity contribution < 1.29 is 0 Å². The normalized spacial score (nSPS) is 10.3. The molecular formula is C14H16N2. The fraction of sp³-hybridized carbons (Fsp3) is 0.214. The van der Waals surface area contributed by atoms with E-state index in [0.29, 0.717) is 0 Å². The molecule has 0 unspecified atom stereocenters. The Kier molecular flexibility index (Phi) is 3.67. The smallest absolute Gasteiger partial charge is 0.0270 e. The molecule has 0 fully saturated rings. The minimum atomic E-state index is 0.921. The number of nitrogens with zero attached hydrogens (tertiary/aromatic N) is 1. The molecule has 16 heavy (non-hydrogen) atoms. The Bertz CT molecular complexity index is 437. The van der Waals surface area contributed by atoms with Crippen molar-refractivity contribution in [3.8, 4) is 0 Å². The Morgan fingerprint density at radius 2 is 1.75 bits per heavy atom. The predicted molar refractivity (Wildman–Crippen MR) is 66.2 cm³/mol. The second-order valence-electron chi connectivity index (χ2n) is 3.88. The summed E-state index contributed by atoms with van der Waals surface area (Å²) in [7, 11) is 1.97. The topological polar surface area (TPSA) is 24.9 Å². The van der Waals surface area contributed by atoms with Gasteiger partial charge >= 0.3 is 0 Å². The molecule has 82 valence electrons. The molecule has 2 aromatic rings. The van der Waals surface area contributed by atoms with E-state index in [1.807, 2.05) is 19.4 Å². The third-order valence-electron chi connectivity index (χ3n) is 2.53. The number of hydrogen-bond donors (Lipinski definition) is 1. The molecule has 1 aromatic carbocycles. The summed E-state index contributed by atoms with van der Waals surface area (Å²) < 4.78 is 0. The first-order valence-corrected chi connectivity index (χ1v) is 5.50. The summed E-state index contributed by atoms with van der Waals surface area (Å²) in [6, 6.07) is 12.8. The summed E-state index contributed by atoms with van der Waals surface area (Å²) in [5.41, 5.74) is 3.98. The fourth-order valence-corrected chi connectivity index (χ4v) is 1.79. The molecule has 0 radical (unpaired) electrons. The molecule has 0 atom stereocenters. The lowest BCUT2D eigenvalue weighted by Crippen LogP contribution is -2.05. The average Bonchev–Trinajstić information content (AvgIpc) is 2.31. The molecule has 0 bridgehead atoms. The van der Waals surface area contributed by atoms with Gasteiger partial charge in [0.1, 0.15) is 0 Å². The zero-order valence-corrected chi connectivity index (χ0v) is 9.48. The molecule has 1 heterocycles. The standard InChI is InChI=1S/C14H16N2/c1-15-11-14-4-2-3-13(10-14)9-12-5-7-16-8-6-12/h2-8,10,15H,9,11H2,1H3. The van der Waals surface area contributed by atoms with E-state index in [1.165, 1.54) is 16.7 Å². The van der Waals surface area contributed by atoms with Gasteiger partial charge in [0.2, 0.25) is 0 Å². The highest BCUT2D eigenvalue weighted by molar-refractivity contribution is 5.28. The van der Waals surface area contributed by atoms with Gasteiger partial charge in [0, 0.05) is 18.9 Å². The third-order valence-corrected chi connectivity index (χ3v) is 2.53. The fourth-order valence-electron chi connectivity index (χ4n) is 1.79. The number of benzene rings is 1. The van der Waals surface area contributed by atoms with Crippen LogP contribution < -0.4 is 5.32 Å². The van der Waals surface area contributed by atoms with Crippen molar-refractivity contribution in [2.45, 2.75) is 13.0 Å². The summed E-state index contributed by atoms with van der Waals surface area (Å²) in [5, 5.41) is 3.17. The summed E-state index contributed by atoms with van der Waals surface area (Å²) in [6.07, 6.45) is 4.65. The Labute approximate surface area is 96.4 Å². The van der Waals surface area contributed by atoms with E-state index >= 15 is 0 Å². The Balaban J connectivity index is 2.12. The molecule has 1 aromatic heterocycles. The van der Waals surface area contributed by atoms with Crippen LogP contribution in [0.15, 0.2) is 48.8 Å². The molecule has 1 N–H and O–H groups in total. The van der Waals surface area contributed by atoms with Crippen molar-refractivity contribution in [3.63, 3.8) is 0 Å². The number of pyridine rings is 1. The van der Waals surface area contributed by atoms with Crippen LogP contribution in [0.5, 0.6) is 0 Å². The van der Waals surface area contributed by atoms with Crippen LogP contribution in [0.25, 0.3) is 0 Å². The van der Waals surface area contributed by atoms with E-state index in [-0.39, 0.29) is 0 Å². The third kappa shape index (κ3) is 2.91. The lowest BCUT2D eigenvalue weighted by molar-refractivity contribution is 0.816. The van der Waals surface area contributed by atoms with Crippen LogP contribution in [-0.2, 0) is 13.0 Å². The molecule has 0 saturated heterocycles. The van der Waals surface area contributed by atoms with Gasteiger partial charge in [-0.2, -0.15) is 0 Å². The van der Waals surface area contributed by atoms with E-state index in [4.69, 9.17) is 0 Å². The minimum absolute atomic E-state index is 0.921. The Hall–Kier alpha value is -1.67. The van der Waals surface area contributed by atoms with Crippen LogP contribution in [-0.4, -0.2) is 12.0 Å². The first kappa shape index (κ1) is 10.8. The lowest BCUT2D eigenvalue weighted by Gasteiger charge is -2.05. The highest BCUT2D eigenvalue weighted by Crippen LogP contribution is 2.10. The van der Waals surface area contributed by atoms with Gasteiger partial charge in [-0.05, 0) is 42.3 Å². The van der Waals surface area contributed by atoms with Gasteiger partial charge in [0.15, 0.2) is 0 Å². The molecule has 0 aliphatic heterocycles. The lowest BCUT2D eigenvalue weighted by atomic mass is 10.0. The maximum Gasteiger partial charge on any atom is 0.0270 e. The van der Waals surface area contributed by atoms with Crippen LogP contribution >= 0.6 is 0 Å².